The fraction of sp³-hybridized carbons (Fsp3) is 0.235. The number of carbonyl (C=O) groups excluding carboxylic acids is 1. The van der Waals surface area contributed by atoms with Crippen LogP contribution in [0.4, 0.5) is 10.1 Å². The first-order valence-corrected chi connectivity index (χ1v) is 6.61. The number of nitrogens with two attached hydrogens (primary N) is 1. The van der Waals surface area contributed by atoms with Gasteiger partial charge in [-0.3, -0.25) is 4.79 Å². The van der Waals surface area contributed by atoms with Crippen LogP contribution in [0.5, 0.6) is 0 Å². The molecule has 0 saturated heterocycles. The summed E-state index contributed by atoms with van der Waals surface area (Å²) < 4.78 is 13.9. The van der Waals surface area contributed by atoms with Crippen molar-refractivity contribution in [2.75, 3.05) is 5.73 Å². The zero-order valence-corrected chi connectivity index (χ0v) is 11.7. The Bertz CT molecular complexity index is 626. The third-order valence-corrected chi connectivity index (χ3v) is 3.30. The molecule has 2 nitrogen and oxygen atoms in total. The lowest BCUT2D eigenvalue weighted by Gasteiger charge is -2.08. The van der Waals surface area contributed by atoms with Gasteiger partial charge in [0, 0.05) is 12.1 Å². The molecule has 3 heteroatoms. The van der Waals surface area contributed by atoms with Gasteiger partial charge in [-0.05, 0) is 55.2 Å². The van der Waals surface area contributed by atoms with Crippen molar-refractivity contribution in [3.05, 3.63) is 64.5 Å². The molecule has 0 aliphatic heterocycles. The average molecular weight is 271 g/mol. The Labute approximate surface area is 118 Å². The van der Waals surface area contributed by atoms with E-state index in [9.17, 15) is 9.18 Å². The van der Waals surface area contributed by atoms with Gasteiger partial charge < -0.3 is 5.73 Å². The van der Waals surface area contributed by atoms with E-state index in [2.05, 4.69) is 0 Å². The number of hydrogen-bond acceptors (Lipinski definition) is 2. The number of aryl methyl sites for hydroxylation is 3. The highest BCUT2D eigenvalue weighted by molar-refractivity contribution is 5.97. The fourth-order valence-corrected chi connectivity index (χ4v) is 2.40. The first-order chi connectivity index (χ1) is 9.47. The zero-order chi connectivity index (χ0) is 14.7. The van der Waals surface area contributed by atoms with Crippen molar-refractivity contribution in [3.63, 3.8) is 0 Å². The van der Waals surface area contributed by atoms with Crippen LogP contribution >= 0.6 is 0 Å². The highest BCUT2D eigenvalue weighted by Crippen LogP contribution is 2.19. The van der Waals surface area contributed by atoms with E-state index in [1.807, 2.05) is 31.2 Å². The van der Waals surface area contributed by atoms with Crippen LogP contribution < -0.4 is 5.73 Å². The van der Waals surface area contributed by atoms with Gasteiger partial charge in [0.25, 0.3) is 0 Å². The van der Waals surface area contributed by atoms with Crippen molar-refractivity contribution in [1.29, 1.82) is 0 Å². The second kappa shape index (κ2) is 5.87. The fourth-order valence-electron chi connectivity index (χ4n) is 2.40. The molecule has 0 amide bonds. The van der Waals surface area contributed by atoms with E-state index in [-0.39, 0.29) is 17.8 Å². The second-order valence-electron chi connectivity index (χ2n) is 5.11. The van der Waals surface area contributed by atoms with Gasteiger partial charge in [-0.15, -0.1) is 0 Å². The van der Waals surface area contributed by atoms with Crippen LogP contribution in [-0.4, -0.2) is 5.78 Å². The largest absolute Gasteiger partial charge is 0.399 e. The number of rotatable bonds is 4. The molecule has 2 rings (SSSR count). The van der Waals surface area contributed by atoms with Gasteiger partial charge in [-0.25, -0.2) is 4.39 Å². The number of hydrogen-bond donors (Lipinski definition) is 1. The molecular formula is C17H18FNO. The molecule has 0 heterocycles. The molecule has 104 valence electrons. The summed E-state index contributed by atoms with van der Waals surface area (Å²) >= 11 is 0. The van der Waals surface area contributed by atoms with E-state index >= 15 is 0 Å². The van der Waals surface area contributed by atoms with Crippen molar-refractivity contribution >= 4 is 11.5 Å². The van der Waals surface area contributed by atoms with Crippen LogP contribution in [0.25, 0.3) is 0 Å². The maximum absolute atomic E-state index is 13.9. The Morgan fingerprint density at radius 3 is 2.60 bits per heavy atom. The molecule has 2 aromatic carbocycles. The van der Waals surface area contributed by atoms with Gasteiger partial charge in [-0.1, -0.05) is 18.2 Å². The maximum Gasteiger partial charge on any atom is 0.166 e. The molecule has 0 aromatic heterocycles. The minimum Gasteiger partial charge on any atom is -0.399 e. The maximum atomic E-state index is 13.9. The molecule has 2 N–H and O–H groups in total. The molecule has 0 aliphatic carbocycles. The van der Waals surface area contributed by atoms with Gasteiger partial charge in [-0.2, -0.15) is 0 Å². The molecule has 0 radical (unpaired) electrons. The Kier molecular flexibility index (Phi) is 4.18. The molecule has 0 aliphatic rings. The van der Waals surface area contributed by atoms with Crippen LogP contribution in [0.2, 0.25) is 0 Å². The number of anilines is 1. The Morgan fingerprint density at radius 2 is 1.95 bits per heavy atom. The van der Waals surface area contributed by atoms with Crippen LogP contribution in [0.1, 0.15) is 33.5 Å². The van der Waals surface area contributed by atoms with Gasteiger partial charge in [0.05, 0.1) is 5.56 Å². The highest BCUT2D eigenvalue weighted by atomic mass is 19.1. The van der Waals surface area contributed by atoms with E-state index in [1.165, 1.54) is 6.07 Å². The van der Waals surface area contributed by atoms with E-state index in [4.69, 9.17) is 5.73 Å². The van der Waals surface area contributed by atoms with Gasteiger partial charge in [0.1, 0.15) is 5.82 Å². The Balaban J connectivity index is 2.13. The zero-order valence-electron chi connectivity index (χ0n) is 11.7. The molecule has 0 atom stereocenters. The number of benzene rings is 2. The highest BCUT2D eigenvalue weighted by Gasteiger charge is 2.15. The van der Waals surface area contributed by atoms with Gasteiger partial charge >= 0.3 is 0 Å². The van der Waals surface area contributed by atoms with Crippen molar-refractivity contribution < 1.29 is 9.18 Å². The van der Waals surface area contributed by atoms with Gasteiger partial charge in [0.2, 0.25) is 0 Å². The van der Waals surface area contributed by atoms with E-state index in [0.29, 0.717) is 17.7 Å². The van der Waals surface area contributed by atoms with Gasteiger partial charge in [0.15, 0.2) is 5.78 Å². The third kappa shape index (κ3) is 3.23. The standard InChI is InChI=1S/C17H18FNO/c1-11-8-12(2)17(15(18)9-11)16(20)7-6-13-4-3-5-14(19)10-13/h3-5,8-10H,6-7,19H2,1-2H3. The third-order valence-electron chi connectivity index (χ3n) is 3.30. The summed E-state index contributed by atoms with van der Waals surface area (Å²) in [7, 11) is 0. The van der Waals surface area contributed by atoms with E-state index in [0.717, 1.165) is 11.1 Å². The van der Waals surface area contributed by atoms with E-state index < -0.39 is 5.82 Å². The van der Waals surface area contributed by atoms with Crippen molar-refractivity contribution in [2.45, 2.75) is 26.7 Å². The SMILES string of the molecule is Cc1cc(C)c(C(=O)CCc2cccc(N)c2)c(F)c1. The van der Waals surface area contributed by atoms with Crippen molar-refractivity contribution in [3.8, 4) is 0 Å². The van der Waals surface area contributed by atoms with Crippen molar-refractivity contribution in [2.24, 2.45) is 0 Å². The molecule has 0 bridgehead atoms. The average Bonchev–Trinajstić information content (AvgIpc) is 2.35. The van der Waals surface area contributed by atoms with Crippen LogP contribution in [0.15, 0.2) is 36.4 Å². The number of halogens is 1. The molecule has 0 unspecified atom stereocenters. The summed E-state index contributed by atoms with van der Waals surface area (Å²) in [6, 6.07) is 10.6. The molecule has 0 spiro atoms. The first-order valence-electron chi connectivity index (χ1n) is 6.61. The van der Waals surface area contributed by atoms with Crippen LogP contribution in [-0.2, 0) is 6.42 Å². The quantitative estimate of drug-likeness (QED) is 0.678. The summed E-state index contributed by atoms with van der Waals surface area (Å²) in [6.07, 6.45) is 0.848. The summed E-state index contributed by atoms with van der Waals surface area (Å²) in [5, 5.41) is 0. The topological polar surface area (TPSA) is 43.1 Å². The summed E-state index contributed by atoms with van der Waals surface area (Å²) in [5.41, 5.74) is 9.09. The minimum absolute atomic E-state index is 0.164. The van der Waals surface area contributed by atoms with E-state index in [1.54, 1.807) is 13.0 Å². The van der Waals surface area contributed by atoms with Crippen molar-refractivity contribution in [1.82, 2.24) is 0 Å². The summed E-state index contributed by atoms with van der Waals surface area (Å²) in [4.78, 5) is 12.2. The number of Topliss-reactive ketones (excluding diaryl/α,β-unsaturated/α-hetero) is 1. The Hall–Kier alpha value is -2.16. The summed E-state index contributed by atoms with van der Waals surface area (Å²) in [6.45, 7) is 3.58. The molecule has 2 aromatic rings. The summed E-state index contributed by atoms with van der Waals surface area (Å²) in [5.74, 6) is -0.595. The lowest BCUT2D eigenvalue weighted by molar-refractivity contribution is 0.0978. The number of carbonyl (C=O) groups is 1. The molecule has 0 saturated carbocycles. The second-order valence-corrected chi connectivity index (χ2v) is 5.11. The minimum atomic E-state index is -0.430. The predicted octanol–water partition coefficient (Wildman–Crippen LogP) is 3.84. The van der Waals surface area contributed by atoms with Crippen LogP contribution in [0.3, 0.4) is 0 Å². The predicted molar refractivity (Wildman–Crippen MR) is 79.4 cm³/mol. The lowest BCUT2D eigenvalue weighted by Crippen LogP contribution is -2.07. The lowest BCUT2D eigenvalue weighted by atomic mass is 9.97. The normalized spacial score (nSPS) is 10.6. The first kappa shape index (κ1) is 14.3. The molecular weight excluding hydrogens is 253 g/mol. The molecule has 20 heavy (non-hydrogen) atoms. The van der Waals surface area contributed by atoms with Crippen LogP contribution in [0, 0.1) is 19.7 Å². The Morgan fingerprint density at radius 1 is 1.20 bits per heavy atom. The monoisotopic (exact) mass is 271 g/mol. The smallest absolute Gasteiger partial charge is 0.166 e. The number of ketones is 1. The molecule has 0 fully saturated rings. The number of nitrogen functional groups attached to an aromatic ring is 1.